The van der Waals surface area contributed by atoms with Gasteiger partial charge in [0.15, 0.2) is 0 Å². The Morgan fingerprint density at radius 2 is 2.00 bits per heavy atom. The highest BCUT2D eigenvalue weighted by atomic mass is 32.2. The van der Waals surface area contributed by atoms with Crippen LogP contribution in [0.4, 0.5) is 10.1 Å². The molecule has 1 atom stereocenters. The number of hydrogen-bond donors (Lipinski definition) is 1. The van der Waals surface area contributed by atoms with Gasteiger partial charge < -0.3 is 5.73 Å². The van der Waals surface area contributed by atoms with Gasteiger partial charge in [0.1, 0.15) is 5.82 Å². The number of nitrogens with two attached hydrogens (primary N) is 1. The molecule has 1 unspecified atom stereocenters. The van der Waals surface area contributed by atoms with Gasteiger partial charge in [-0.1, -0.05) is 13.8 Å². The lowest BCUT2D eigenvalue weighted by molar-refractivity contribution is 0.621. The van der Waals surface area contributed by atoms with E-state index in [1.807, 2.05) is 13.8 Å². The third-order valence-corrected chi connectivity index (χ3v) is 4.47. The van der Waals surface area contributed by atoms with Crippen LogP contribution in [0.5, 0.6) is 0 Å². The van der Waals surface area contributed by atoms with Gasteiger partial charge in [0.25, 0.3) is 0 Å². The van der Waals surface area contributed by atoms with Gasteiger partial charge in [-0.05, 0) is 31.0 Å². The number of benzene rings is 1. The van der Waals surface area contributed by atoms with Crippen LogP contribution in [0.3, 0.4) is 0 Å². The topological polar surface area (TPSA) is 43.1 Å². The minimum absolute atomic E-state index is 0.0501. The van der Waals surface area contributed by atoms with Crippen molar-refractivity contribution in [1.29, 1.82) is 0 Å². The molecule has 0 amide bonds. The maximum absolute atomic E-state index is 13.0. The van der Waals surface area contributed by atoms with Crippen molar-refractivity contribution in [3.8, 4) is 0 Å². The van der Waals surface area contributed by atoms with E-state index in [-0.39, 0.29) is 5.25 Å². The molecule has 0 spiro atoms. The fourth-order valence-corrected chi connectivity index (χ4v) is 2.95. The number of anilines is 1. The van der Waals surface area contributed by atoms with Crippen molar-refractivity contribution in [2.45, 2.75) is 36.8 Å². The van der Waals surface area contributed by atoms with Crippen LogP contribution in [0.25, 0.3) is 0 Å². The smallest absolute Gasteiger partial charge is 0.124 e. The fraction of sp³-hybridized carbons (Fsp3) is 0.455. The average Bonchev–Trinajstić information content (AvgIpc) is 2.23. The van der Waals surface area contributed by atoms with E-state index in [1.54, 1.807) is 0 Å². The zero-order chi connectivity index (χ0) is 11.4. The molecule has 0 fully saturated rings. The highest BCUT2D eigenvalue weighted by Gasteiger charge is 2.17. The van der Waals surface area contributed by atoms with Crippen LogP contribution < -0.4 is 5.73 Å². The van der Waals surface area contributed by atoms with E-state index in [2.05, 4.69) is 0 Å². The summed E-state index contributed by atoms with van der Waals surface area (Å²) in [6.45, 7) is 3.95. The normalized spacial score (nSPS) is 13.1. The first-order valence-electron chi connectivity index (χ1n) is 5.05. The molecular weight excluding hydrogens is 213 g/mol. The molecule has 1 rings (SSSR count). The predicted molar refractivity (Wildman–Crippen MR) is 61.6 cm³/mol. The summed E-state index contributed by atoms with van der Waals surface area (Å²) in [5, 5.41) is 0.0501. The van der Waals surface area contributed by atoms with Crippen LogP contribution in [-0.4, -0.2) is 9.46 Å². The minimum atomic E-state index is -1.21. The molecular formula is C11H16FNOS. The van der Waals surface area contributed by atoms with Gasteiger partial charge in [0, 0.05) is 10.9 Å². The highest BCUT2D eigenvalue weighted by molar-refractivity contribution is 7.85. The largest absolute Gasteiger partial charge is 0.398 e. The summed E-state index contributed by atoms with van der Waals surface area (Å²) in [6, 6.07) is 4.01. The quantitative estimate of drug-likeness (QED) is 0.807. The first-order chi connectivity index (χ1) is 7.10. The molecule has 0 aliphatic rings. The molecule has 2 N–H and O–H groups in total. The molecule has 0 aromatic heterocycles. The summed E-state index contributed by atoms with van der Waals surface area (Å²) in [5.74, 6) is -0.390. The lowest BCUT2D eigenvalue weighted by atomic mass is 10.3. The Morgan fingerprint density at radius 1 is 1.40 bits per heavy atom. The lowest BCUT2D eigenvalue weighted by Crippen LogP contribution is -2.14. The third-order valence-electron chi connectivity index (χ3n) is 2.41. The number of nitrogen functional groups attached to an aromatic ring is 1. The molecule has 1 aromatic carbocycles. The number of rotatable bonds is 4. The third kappa shape index (κ3) is 2.78. The van der Waals surface area contributed by atoms with Gasteiger partial charge >= 0.3 is 0 Å². The Morgan fingerprint density at radius 3 is 2.53 bits per heavy atom. The Balaban J connectivity index is 3.04. The van der Waals surface area contributed by atoms with Crippen molar-refractivity contribution >= 4 is 16.5 Å². The predicted octanol–water partition coefficient (Wildman–Crippen LogP) is 2.70. The maximum Gasteiger partial charge on any atom is 0.124 e. The summed E-state index contributed by atoms with van der Waals surface area (Å²) in [4.78, 5) is 0.420. The van der Waals surface area contributed by atoms with Crippen molar-refractivity contribution in [2.24, 2.45) is 0 Å². The van der Waals surface area contributed by atoms with Gasteiger partial charge in [0.05, 0.1) is 15.7 Å². The SMILES string of the molecule is CCC(CC)S(=O)c1cc(F)ccc1N. The molecule has 0 bridgehead atoms. The van der Waals surface area contributed by atoms with Crippen LogP contribution in [-0.2, 0) is 10.8 Å². The monoisotopic (exact) mass is 229 g/mol. The number of halogens is 1. The summed E-state index contributed by atoms with van der Waals surface area (Å²) < 4.78 is 25.0. The Kier molecular flexibility index (Phi) is 4.27. The van der Waals surface area contributed by atoms with Crippen molar-refractivity contribution in [3.05, 3.63) is 24.0 Å². The summed E-state index contributed by atoms with van der Waals surface area (Å²) in [7, 11) is -1.21. The fourth-order valence-electron chi connectivity index (χ4n) is 1.45. The zero-order valence-electron chi connectivity index (χ0n) is 9.00. The summed E-state index contributed by atoms with van der Waals surface area (Å²) in [6.07, 6.45) is 1.61. The molecule has 0 aliphatic carbocycles. The molecule has 0 saturated carbocycles. The Bertz CT molecular complexity index is 364. The van der Waals surface area contributed by atoms with Crippen LogP contribution in [0.2, 0.25) is 0 Å². The molecule has 0 aliphatic heterocycles. The van der Waals surface area contributed by atoms with Crippen molar-refractivity contribution < 1.29 is 8.60 Å². The second-order valence-corrected chi connectivity index (χ2v) is 5.12. The minimum Gasteiger partial charge on any atom is -0.398 e. The van der Waals surface area contributed by atoms with E-state index in [0.29, 0.717) is 10.6 Å². The van der Waals surface area contributed by atoms with Gasteiger partial charge in [0.2, 0.25) is 0 Å². The van der Waals surface area contributed by atoms with E-state index >= 15 is 0 Å². The second-order valence-electron chi connectivity index (χ2n) is 3.42. The van der Waals surface area contributed by atoms with Gasteiger partial charge in [-0.15, -0.1) is 0 Å². The highest BCUT2D eigenvalue weighted by Crippen LogP contribution is 2.22. The van der Waals surface area contributed by atoms with Crippen LogP contribution in [0, 0.1) is 5.82 Å². The molecule has 84 valence electrons. The molecule has 0 heterocycles. The Hall–Kier alpha value is -0.900. The molecule has 0 radical (unpaired) electrons. The maximum atomic E-state index is 13.0. The van der Waals surface area contributed by atoms with Crippen LogP contribution in [0.15, 0.2) is 23.1 Å². The van der Waals surface area contributed by atoms with Gasteiger partial charge in [-0.3, -0.25) is 4.21 Å². The molecule has 4 heteroatoms. The first kappa shape index (κ1) is 12.2. The molecule has 1 aromatic rings. The van der Waals surface area contributed by atoms with Gasteiger partial charge in [-0.25, -0.2) is 4.39 Å². The zero-order valence-corrected chi connectivity index (χ0v) is 9.81. The molecule has 2 nitrogen and oxygen atoms in total. The van der Waals surface area contributed by atoms with E-state index in [0.717, 1.165) is 12.8 Å². The number of hydrogen-bond acceptors (Lipinski definition) is 2. The second kappa shape index (κ2) is 5.26. The molecule has 15 heavy (non-hydrogen) atoms. The van der Waals surface area contributed by atoms with E-state index < -0.39 is 16.6 Å². The molecule has 0 saturated heterocycles. The van der Waals surface area contributed by atoms with Crippen molar-refractivity contribution in [3.63, 3.8) is 0 Å². The van der Waals surface area contributed by atoms with Gasteiger partial charge in [-0.2, -0.15) is 0 Å². The summed E-state index contributed by atoms with van der Waals surface area (Å²) >= 11 is 0. The van der Waals surface area contributed by atoms with E-state index in [1.165, 1.54) is 18.2 Å². The van der Waals surface area contributed by atoms with Crippen LogP contribution >= 0.6 is 0 Å². The van der Waals surface area contributed by atoms with E-state index in [4.69, 9.17) is 5.73 Å². The van der Waals surface area contributed by atoms with Crippen molar-refractivity contribution in [1.82, 2.24) is 0 Å². The Labute approximate surface area is 92.1 Å². The van der Waals surface area contributed by atoms with E-state index in [9.17, 15) is 8.60 Å². The lowest BCUT2D eigenvalue weighted by Gasteiger charge is -2.13. The van der Waals surface area contributed by atoms with Crippen LogP contribution in [0.1, 0.15) is 26.7 Å². The van der Waals surface area contributed by atoms with Crippen molar-refractivity contribution in [2.75, 3.05) is 5.73 Å². The standard InChI is InChI=1S/C11H16FNOS/c1-3-9(4-2)15(14)11-7-8(12)5-6-10(11)13/h5-7,9H,3-4,13H2,1-2H3. The average molecular weight is 229 g/mol. The summed E-state index contributed by atoms with van der Waals surface area (Å²) in [5.41, 5.74) is 6.08. The first-order valence-corrected chi connectivity index (χ1v) is 6.27.